The van der Waals surface area contributed by atoms with E-state index in [1.54, 1.807) is 0 Å². The van der Waals surface area contributed by atoms with Crippen LogP contribution in [-0.4, -0.2) is 47.1 Å². The standard InChI is InChI=1S/C13H24N2S/c1-2-14-10-7-11-3-4-12(8-10)15(11)13-5-6-16-9-13/h10-14H,2-9H2,1H3. The van der Waals surface area contributed by atoms with Crippen LogP contribution in [0.15, 0.2) is 0 Å². The van der Waals surface area contributed by atoms with Crippen molar-refractivity contribution in [3.8, 4) is 0 Å². The van der Waals surface area contributed by atoms with Crippen molar-refractivity contribution >= 4 is 11.8 Å². The minimum absolute atomic E-state index is 0.813. The van der Waals surface area contributed by atoms with Crippen molar-refractivity contribution < 1.29 is 0 Å². The molecule has 3 aliphatic rings. The first kappa shape index (κ1) is 11.4. The largest absolute Gasteiger partial charge is 0.314 e. The second kappa shape index (κ2) is 4.87. The molecule has 2 bridgehead atoms. The molecule has 0 aromatic carbocycles. The van der Waals surface area contributed by atoms with Gasteiger partial charge in [0.05, 0.1) is 0 Å². The first-order valence-electron chi connectivity index (χ1n) is 6.97. The number of thioether (sulfide) groups is 1. The van der Waals surface area contributed by atoms with E-state index in [-0.39, 0.29) is 0 Å². The lowest BCUT2D eigenvalue weighted by atomic mass is 9.95. The van der Waals surface area contributed by atoms with Crippen molar-refractivity contribution in [3.05, 3.63) is 0 Å². The van der Waals surface area contributed by atoms with Crippen LogP contribution in [0, 0.1) is 0 Å². The third-order valence-electron chi connectivity index (χ3n) is 4.61. The molecule has 3 fully saturated rings. The van der Waals surface area contributed by atoms with Gasteiger partial charge in [0.25, 0.3) is 0 Å². The number of hydrogen-bond donors (Lipinski definition) is 1. The highest BCUT2D eigenvalue weighted by Gasteiger charge is 2.44. The number of rotatable bonds is 3. The normalized spacial score (nSPS) is 44.1. The first-order chi connectivity index (χ1) is 7.88. The van der Waals surface area contributed by atoms with Crippen molar-refractivity contribution in [2.24, 2.45) is 0 Å². The molecule has 0 aliphatic carbocycles. The summed E-state index contributed by atoms with van der Waals surface area (Å²) in [5, 5.41) is 3.66. The molecular weight excluding hydrogens is 216 g/mol. The van der Waals surface area contributed by atoms with Crippen molar-refractivity contribution in [1.29, 1.82) is 0 Å². The van der Waals surface area contributed by atoms with Crippen molar-refractivity contribution in [2.45, 2.75) is 63.2 Å². The molecule has 3 aliphatic heterocycles. The number of piperidine rings is 1. The van der Waals surface area contributed by atoms with Crippen LogP contribution in [0.4, 0.5) is 0 Å². The molecule has 3 atom stereocenters. The first-order valence-corrected chi connectivity index (χ1v) is 8.12. The summed E-state index contributed by atoms with van der Waals surface area (Å²) in [6, 6.07) is 3.55. The highest BCUT2D eigenvalue weighted by atomic mass is 32.2. The molecule has 2 nitrogen and oxygen atoms in total. The molecule has 0 radical (unpaired) electrons. The van der Waals surface area contributed by atoms with Gasteiger partial charge < -0.3 is 5.32 Å². The molecule has 3 saturated heterocycles. The molecule has 0 aromatic rings. The average molecular weight is 240 g/mol. The van der Waals surface area contributed by atoms with Crippen LogP contribution >= 0.6 is 11.8 Å². The fourth-order valence-corrected chi connectivity index (χ4v) is 5.24. The molecule has 0 amide bonds. The molecule has 3 heterocycles. The Morgan fingerprint density at radius 1 is 1.12 bits per heavy atom. The van der Waals surface area contributed by atoms with Crippen molar-refractivity contribution in [2.75, 3.05) is 18.1 Å². The van der Waals surface area contributed by atoms with Crippen molar-refractivity contribution in [1.82, 2.24) is 10.2 Å². The zero-order valence-electron chi connectivity index (χ0n) is 10.3. The van der Waals surface area contributed by atoms with E-state index in [4.69, 9.17) is 0 Å². The molecular formula is C13H24N2S. The monoisotopic (exact) mass is 240 g/mol. The zero-order valence-corrected chi connectivity index (χ0v) is 11.1. The van der Waals surface area contributed by atoms with Crippen LogP contribution < -0.4 is 5.32 Å². The van der Waals surface area contributed by atoms with Gasteiger partial charge in [-0.15, -0.1) is 0 Å². The quantitative estimate of drug-likeness (QED) is 0.813. The molecule has 92 valence electrons. The van der Waals surface area contributed by atoms with E-state index >= 15 is 0 Å². The molecule has 0 saturated carbocycles. The summed E-state index contributed by atoms with van der Waals surface area (Å²) < 4.78 is 0. The van der Waals surface area contributed by atoms with E-state index in [0.717, 1.165) is 30.7 Å². The lowest BCUT2D eigenvalue weighted by Gasteiger charge is -2.42. The van der Waals surface area contributed by atoms with Gasteiger partial charge in [0.2, 0.25) is 0 Å². The summed E-state index contributed by atoms with van der Waals surface area (Å²) >= 11 is 2.16. The summed E-state index contributed by atoms with van der Waals surface area (Å²) in [5.74, 6) is 2.80. The highest BCUT2D eigenvalue weighted by molar-refractivity contribution is 7.99. The Morgan fingerprint density at radius 3 is 2.44 bits per heavy atom. The van der Waals surface area contributed by atoms with Gasteiger partial charge in [-0.3, -0.25) is 4.90 Å². The SMILES string of the molecule is CCNC1CC2CCC(C1)N2C1CCSC1. The smallest absolute Gasteiger partial charge is 0.0200 e. The van der Waals surface area contributed by atoms with Crippen LogP contribution in [-0.2, 0) is 0 Å². The Kier molecular flexibility index (Phi) is 3.46. The number of fused-ring (bicyclic) bond motifs is 2. The predicted molar refractivity (Wildman–Crippen MR) is 71.1 cm³/mol. The Bertz CT molecular complexity index is 226. The summed E-state index contributed by atoms with van der Waals surface area (Å²) in [6.45, 7) is 3.38. The predicted octanol–water partition coefficient (Wildman–Crippen LogP) is 2.10. The second-order valence-corrected chi connectivity index (χ2v) is 6.73. The summed E-state index contributed by atoms with van der Waals surface area (Å²) in [4.78, 5) is 2.91. The minimum atomic E-state index is 0.813. The van der Waals surface area contributed by atoms with Gasteiger partial charge in [0, 0.05) is 29.9 Å². The van der Waals surface area contributed by atoms with Crippen LogP contribution in [0.1, 0.15) is 39.0 Å². The lowest BCUT2D eigenvalue weighted by molar-refractivity contribution is 0.0808. The Hall–Kier alpha value is 0.270. The van der Waals surface area contributed by atoms with Crippen LogP contribution in [0.5, 0.6) is 0 Å². The molecule has 3 rings (SSSR count). The molecule has 1 N–H and O–H groups in total. The lowest BCUT2D eigenvalue weighted by Crippen LogP contribution is -2.53. The maximum Gasteiger partial charge on any atom is 0.0200 e. The Labute approximate surface area is 104 Å². The van der Waals surface area contributed by atoms with Gasteiger partial charge in [0.1, 0.15) is 0 Å². The van der Waals surface area contributed by atoms with E-state index in [1.807, 2.05) is 0 Å². The van der Waals surface area contributed by atoms with Crippen LogP contribution in [0.2, 0.25) is 0 Å². The van der Waals surface area contributed by atoms with Gasteiger partial charge in [-0.25, -0.2) is 0 Å². The fourth-order valence-electron chi connectivity index (χ4n) is 4.02. The number of nitrogens with zero attached hydrogens (tertiary/aromatic N) is 1. The highest BCUT2D eigenvalue weighted by Crippen LogP contribution is 2.40. The van der Waals surface area contributed by atoms with Crippen LogP contribution in [0.3, 0.4) is 0 Å². The van der Waals surface area contributed by atoms with Gasteiger partial charge in [0.15, 0.2) is 0 Å². The van der Waals surface area contributed by atoms with Crippen LogP contribution in [0.25, 0.3) is 0 Å². The number of hydrogen-bond acceptors (Lipinski definition) is 3. The molecule has 0 spiro atoms. The minimum Gasteiger partial charge on any atom is -0.314 e. The van der Waals surface area contributed by atoms with E-state index in [9.17, 15) is 0 Å². The summed E-state index contributed by atoms with van der Waals surface area (Å²) in [6.07, 6.45) is 7.20. The average Bonchev–Trinajstić information content (AvgIpc) is 2.85. The van der Waals surface area contributed by atoms with Gasteiger partial charge in [-0.1, -0.05) is 6.92 Å². The topological polar surface area (TPSA) is 15.3 Å². The van der Waals surface area contributed by atoms with Gasteiger partial charge in [-0.2, -0.15) is 11.8 Å². The third-order valence-corrected chi connectivity index (χ3v) is 5.75. The van der Waals surface area contributed by atoms with Gasteiger partial charge in [-0.05, 0) is 44.4 Å². The maximum atomic E-state index is 3.66. The number of nitrogens with one attached hydrogen (secondary N) is 1. The Balaban J connectivity index is 1.65. The Morgan fingerprint density at radius 2 is 1.88 bits per heavy atom. The second-order valence-electron chi connectivity index (χ2n) is 5.58. The molecule has 16 heavy (non-hydrogen) atoms. The van der Waals surface area contributed by atoms with E-state index in [1.165, 1.54) is 43.6 Å². The third kappa shape index (κ3) is 2.02. The maximum absolute atomic E-state index is 3.66. The zero-order chi connectivity index (χ0) is 11.0. The van der Waals surface area contributed by atoms with Gasteiger partial charge >= 0.3 is 0 Å². The van der Waals surface area contributed by atoms with E-state index in [2.05, 4.69) is 28.9 Å². The van der Waals surface area contributed by atoms with E-state index < -0.39 is 0 Å². The molecule has 0 aromatic heterocycles. The fraction of sp³-hybridized carbons (Fsp3) is 1.00. The summed E-state index contributed by atoms with van der Waals surface area (Å²) in [7, 11) is 0. The van der Waals surface area contributed by atoms with E-state index in [0.29, 0.717) is 0 Å². The molecule has 3 heteroatoms. The van der Waals surface area contributed by atoms with Crippen molar-refractivity contribution in [3.63, 3.8) is 0 Å². The summed E-state index contributed by atoms with van der Waals surface area (Å²) in [5.41, 5.74) is 0. The molecule has 3 unspecified atom stereocenters.